The third-order valence-electron chi connectivity index (χ3n) is 5.17. The van der Waals surface area contributed by atoms with Gasteiger partial charge in [-0.25, -0.2) is 8.42 Å². The number of sulfone groups is 1. The van der Waals surface area contributed by atoms with E-state index in [0.29, 0.717) is 11.3 Å². The highest BCUT2D eigenvalue weighted by Gasteiger charge is 2.45. The van der Waals surface area contributed by atoms with Crippen molar-refractivity contribution in [2.45, 2.75) is 87.6 Å². The minimum Gasteiger partial charge on any atom is -0.278 e. The molecule has 1 aliphatic heterocycles. The van der Waals surface area contributed by atoms with Gasteiger partial charge in [0.1, 0.15) is 0 Å². The summed E-state index contributed by atoms with van der Waals surface area (Å²) in [7, 11) is -3.58. The first-order valence-electron chi connectivity index (χ1n) is 9.48. The summed E-state index contributed by atoms with van der Waals surface area (Å²) in [6.07, 6.45) is 6.87. The fourth-order valence-electron chi connectivity index (χ4n) is 3.83. The molecular formula is C21H33NO3S. The highest BCUT2D eigenvalue weighted by Crippen LogP contribution is 2.40. The quantitative estimate of drug-likeness (QED) is 0.465. The predicted octanol–water partition coefficient (Wildman–Crippen LogP) is 5.12. The van der Waals surface area contributed by atoms with Gasteiger partial charge in [0.15, 0.2) is 5.44 Å². The first-order valence-corrected chi connectivity index (χ1v) is 11.0. The summed E-state index contributed by atoms with van der Waals surface area (Å²) in [5.74, 6) is 0. The molecule has 0 amide bonds. The van der Waals surface area contributed by atoms with Crippen LogP contribution in [0.5, 0.6) is 0 Å². The largest absolute Gasteiger partial charge is 0.278 e. The van der Waals surface area contributed by atoms with Crippen LogP contribution in [0.1, 0.15) is 66.2 Å². The lowest BCUT2D eigenvalue weighted by Crippen LogP contribution is -2.59. The molecule has 0 bridgehead atoms. The van der Waals surface area contributed by atoms with E-state index in [0.717, 1.165) is 32.1 Å². The molecule has 1 unspecified atom stereocenters. The van der Waals surface area contributed by atoms with Crippen molar-refractivity contribution in [3.05, 3.63) is 43.0 Å². The first-order chi connectivity index (χ1) is 12.1. The van der Waals surface area contributed by atoms with E-state index in [9.17, 15) is 8.42 Å². The third-order valence-corrected chi connectivity index (χ3v) is 7.11. The normalized spacial score (nSPS) is 21.2. The minimum absolute atomic E-state index is 0.204. The molecule has 0 N–H and O–H groups in total. The van der Waals surface area contributed by atoms with Crippen molar-refractivity contribution >= 4 is 9.84 Å². The van der Waals surface area contributed by atoms with E-state index < -0.39 is 15.3 Å². The molecule has 0 aromatic heterocycles. The number of allylic oxidation sites excluding steroid dienone is 1. The van der Waals surface area contributed by atoms with E-state index in [2.05, 4.69) is 34.3 Å². The van der Waals surface area contributed by atoms with Crippen LogP contribution in [-0.2, 0) is 14.7 Å². The number of benzene rings is 1. The molecule has 1 saturated heterocycles. The fourth-order valence-corrected chi connectivity index (χ4v) is 5.35. The summed E-state index contributed by atoms with van der Waals surface area (Å²) in [5.41, 5.74) is -1.29. The summed E-state index contributed by atoms with van der Waals surface area (Å²) in [5, 5.41) is 1.95. The van der Waals surface area contributed by atoms with Gasteiger partial charge in [0, 0.05) is 11.1 Å². The van der Waals surface area contributed by atoms with Gasteiger partial charge in [-0.3, -0.25) is 4.84 Å². The summed E-state index contributed by atoms with van der Waals surface area (Å²) in [6, 6.07) is 8.62. The Labute approximate surface area is 159 Å². The third kappa shape index (κ3) is 4.76. The zero-order valence-electron chi connectivity index (χ0n) is 16.6. The molecule has 1 aliphatic rings. The Kier molecular flexibility index (Phi) is 6.70. The molecule has 1 heterocycles. The van der Waals surface area contributed by atoms with Crippen LogP contribution in [0.4, 0.5) is 0 Å². The van der Waals surface area contributed by atoms with Crippen molar-refractivity contribution in [1.82, 2.24) is 5.06 Å². The fraction of sp³-hybridized carbons (Fsp3) is 0.619. The summed E-state index contributed by atoms with van der Waals surface area (Å²) < 4.78 is 26.5. The Hall–Kier alpha value is -1.17. The second kappa shape index (κ2) is 8.24. The number of piperidine rings is 1. The van der Waals surface area contributed by atoms with Crippen LogP contribution >= 0.6 is 0 Å². The second-order valence-corrected chi connectivity index (χ2v) is 10.5. The van der Waals surface area contributed by atoms with Crippen LogP contribution in [0.2, 0.25) is 0 Å². The van der Waals surface area contributed by atoms with Gasteiger partial charge in [0.2, 0.25) is 9.84 Å². The Bertz CT molecular complexity index is 679. The Morgan fingerprint density at radius 3 is 2.27 bits per heavy atom. The number of unbranched alkanes of at least 4 members (excludes halogenated alkanes) is 1. The maximum Gasteiger partial charge on any atom is 0.207 e. The molecule has 1 atom stereocenters. The lowest BCUT2D eigenvalue weighted by Gasteiger charge is -2.52. The molecule has 1 aromatic carbocycles. The highest BCUT2D eigenvalue weighted by atomic mass is 32.2. The van der Waals surface area contributed by atoms with E-state index in [4.69, 9.17) is 4.84 Å². The minimum atomic E-state index is -3.58. The van der Waals surface area contributed by atoms with E-state index >= 15 is 0 Å². The van der Waals surface area contributed by atoms with E-state index in [-0.39, 0.29) is 11.1 Å². The van der Waals surface area contributed by atoms with Crippen molar-refractivity contribution in [2.24, 2.45) is 0 Å². The lowest BCUT2D eigenvalue weighted by atomic mass is 9.82. The molecule has 0 aliphatic carbocycles. The summed E-state index contributed by atoms with van der Waals surface area (Å²) in [6.45, 7) is 12.3. The maximum absolute atomic E-state index is 13.2. The predicted molar refractivity (Wildman–Crippen MR) is 106 cm³/mol. The van der Waals surface area contributed by atoms with Crippen LogP contribution < -0.4 is 0 Å². The molecule has 146 valence electrons. The molecule has 2 rings (SSSR count). The van der Waals surface area contributed by atoms with Gasteiger partial charge in [-0.05, 0) is 78.4 Å². The van der Waals surface area contributed by atoms with Gasteiger partial charge >= 0.3 is 0 Å². The lowest BCUT2D eigenvalue weighted by molar-refractivity contribution is -0.290. The topological polar surface area (TPSA) is 46.6 Å². The van der Waals surface area contributed by atoms with Gasteiger partial charge in [-0.2, -0.15) is 5.06 Å². The molecule has 5 heteroatoms. The van der Waals surface area contributed by atoms with Crippen LogP contribution in [0.3, 0.4) is 0 Å². The highest BCUT2D eigenvalue weighted by molar-refractivity contribution is 7.91. The molecular weight excluding hydrogens is 346 g/mol. The average Bonchev–Trinajstić information content (AvgIpc) is 2.56. The van der Waals surface area contributed by atoms with Crippen molar-refractivity contribution in [1.29, 1.82) is 0 Å². The van der Waals surface area contributed by atoms with Crippen LogP contribution in [0, 0.1) is 0 Å². The van der Waals surface area contributed by atoms with Gasteiger partial charge in [-0.1, -0.05) is 24.3 Å². The summed E-state index contributed by atoms with van der Waals surface area (Å²) in [4.78, 5) is 6.61. The Balaban J connectivity index is 2.34. The smallest absolute Gasteiger partial charge is 0.207 e. The number of hydrogen-bond acceptors (Lipinski definition) is 4. The summed E-state index contributed by atoms with van der Waals surface area (Å²) >= 11 is 0. The number of rotatable bonds is 8. The maximum atomic E-state index is 13.2. The second-order valence-electron chi connectivity index (χ2n) is 8.39. The molecule has 26 heavy (non-hydrogen) atoms. The SMILES string of the molecule is C=CCCCC(ON1C(C)(C)CCCC1(C)C)S(=O)(=O)c1ccccc1. The van der Waals surface area contributed by atoms with Gasteiger partial charge in [-0.15, -0.1) is 6.58 Å². The zero-order chi connectivity index (χ0) is 19.4. The van der Waals surface area contributed by atoms with Gasteiger partial charge in [0.25, 0.3) is 0 Å². The molecule has 1 aromatic rings. The van der Waals surface area contributed by atoms with Crippen LogP contribution in [0.25, 0.3) is 0 Å². The number of hydrogen-bond donors (Lipinski definition) is 0. The number of hydroxylamine groups is 2. The van der Waals surface area contributed by atoms with Crippen molar-refractivity contribution < 1.29 is 13.3 Å². The molecule has 4 nitrogen and oxygen atoms in total. The Morgan fingerprint density at radius 2 is 1.73 bits per heavy atom. The molecule has 1 fully saturated rings. The monoisotopic (exact) mass is 379 g/mol. The number of nitrogens with zero attached hydrogens (tertiary/aromatic N) is 1. The van der Waals surface area contributed by atoms with Crippen LogP contribution in [0.15, 0.2) is 47.9 Å². The van der Waals surface area contributed by atoms with Gasteiger partial charge < -0.3 is 0 Å². The zero-order valence-corrected chi connectivity index (χ0v) is 17.4. The molecule has 0 saturated carbocycles. The molecule has 0 spiro atoms. The van der Waals surface area contributed by atoms with Crippen LogP contribution in [-0.4, -0.2) is 30.0 Å². The van der Waals surface area contributed by atoms with E-state index in [1.54, 1.807) is 24.3 Å². The standard InChI is InChI=1S/C21H33NO3S/c1-6-7-9-15-19(26(23,24)18-13-10-8-11-14-18)25-22-20(2,3)16-12-17-21(22,4)5/h6,8,10-11,13-14,19H,1,7,9,12,15-17H2,2-5H3. The van der Waals surface area contributed by atoms with Gasteiger partial charge in [0.05, 0.1) is 4.90 Å². The van der Waals surface area contributed by atoms with Crippen molar-refractivity contribution in [3.63, 3.8) is 0 Å². The van der Waals surface area contributed by atoms with Crippen molar-refractivity contribution in [2.75, 3.05) is 0 Å². The van der Waals surface area contributed by atoms with E-state index in [1.807, 2.05) is 17.2 Å². The Morgan fingerprint density at radius 1 is 1.15 bits per heavy atom. The van der Waals surface area contributed by atoms with Crippen molar-refractivity contribution in [3.8, 4) is 0 Å². The average molecular weight is 380 g/mol. The first kappa shape index (κ1) is 21.1. The van der Waals surface area contributed by atoms with E-state index in [1.165, 1.54) is 0 Å². The molecule has 0 radical (unpaired) electrons.